The van der Waals surface area contributed by atoms with E-state index in [-0.39, 0.29) is 11.7 Å². The number of fused-ring (bicyclic) bond motifs is 1. The van der Waals surface area contributed by atoms with E-state index in [0.717, 1.165) is 5.69 Å². The summed E-state index contributed by atoms with van der Waals surface area (Å²) >= 11 is 5.67. The van der Waals surface area contributed by atoms with Gasteiger partial charge in [0, 0.05) is 18.0 Å². The fourth-order valence-electron chi connectivity index (χ4n) is 2.91. The maximum Gasteiger partial charge on any atom is 0.235 e. The summed E-state index contributed by atoms with van der Waals surface area (Å²) in [7, 11) is 0. The van der Waals surface area contributed by atoms with Gasteiger partial charge >= 0.3 is 0 Å². The Hall–Kier alpha value is -3.46. The normalized spacial score (nSPS) is 12.1. The molecule has 1 atom stereocenters. The smallest absolute Gasteiger partial charge is 0.235 e. The molecule has 1 unspecified atom stereocenters. The van der Waals surface area contributed by atoms with Gasteiger partial charge in [0.25, 0.3) is 0 Å². The molecule has 3 heterocycles. The van der Waals surface area contributed by atoms with Crippen molar-refractivity contribution in [1.29, 1.82) is 0 Å². The molecule has 1 amide bonds. The average Bonchev–Trinajstić information content (AvgIpc) is 3.35. The Bertz CT molecular complexity index is 1160. The highest BCUT2D eigenvalue weighted by molar-refractivity contribution is 6.27. The van der Waals surface area contributed by atoms with Gasteiger partial charge in [-0.15, -0.1) is 11.6 Å². The summed E-state index contributed by atoms with van der Waals surface area (Å²) in [5, 5.41) is 13.0. The minimum Gasteiger partial charge on any atom is -0.341 e. The fourth-order valence-corrected chi connectivity index (χ4v) is 2.99. The van der Waals surface area contributed by atoms with Crippen LogP contribution in [-0.4, -0.2) is 36.4 Å². The summed E-state index contributed by atoms with van der Waals surface area (Å²) in [6, 6.07) is 10.6. The number of nitrogens with zero attached hydrogens (tertiary/aromatic N) is 4. The summed E-state index contributed by atoms with van der Waals surface area (Å²) < 4.78 is 15.2. The second-order valence-electron chi connectivity index (χ2n) is 6.39. The summed E-state index contributed by atoms with van der Waals surface area (Å²) in [6.07, 6.45) is 1.81. The van der Waals surface area contributed by atoms with Crippen molar-refractivity contribution in [1.82, 2.24) is 29.9 Å². The number of nitrogens with one attached hydrogen (secondary N) is 3. The van der Waals surface area contributed by atoms with Gasteiger partial charge in [-0.2, -0.15) is 10.1 Å². The lowest BCUT2D eigenvalue weighted by molar-refractivity contribution is -0.119. The Labute approximate surface area is 170 Å². The van der Waals surface area contributed by atoms with Crippen LogP contribution in [0.1, 0.15) is 23.1 Å². The maximum absolute atomic E-state index is 13.4. The van der Waals surface area contributed by atoms with Gasteiger partial charge in [-0.3, -0.25) is 14.3 Å². The van der Waals surface area contributed by atoms with Crippen molar-refractivity contribution in [3.05, 3.63) is 71.6 Å². The lowest BCUT2D eigenvalue weighted by Gasteiger charge is -2.19. The molecule has 0 radical (unpaired) electrons. The molecule has 4 rings (SSSR count). The number of alkyl halides is 1. The van der Waals surface area contributed by atoms with Crippen molar-refractivity contribution in [2.24, 2.45) is 0 Å². The third-order valence-corrected chi connectivity index (χ3v) is 4.48. The van der Waals surface area contributed by atoms with Crippen molar-refractivity contribution in [3.8, 4) is 0 Å². The summed E-state index contributed by atoms with van der Waals surface area (Å²) in [6.45, 7) is 1.89. The number of benzene rings is 1. The Morgan fingerprint density at radius 3 is 2.76 bits per heavy atom. The quantitative estimate of drug-likeness (QED) is 0.422. The predicted octanol–water partition coefficient (Wildman–Crippen LogP) is 3.09. The summed E-state index contributed by atoms with van der Waals surface area (Å²) in [5.74, 6) is 0.394. The van der Waals surface area contributed by atoms with Crippen molar-refractivity contribution >= 4 is 34.9 Å². The first-order valence-electron chi connectivity index (χ1n) is 8.78. The van der Waals surface area contributed by atoms with Crippen LogP contribution in [0.3, 0.4) is 0 Å². The molecule has 8 nitrogen and oxygen atoms in total. The highest BCUT2D eigenvalue weighted by Gasteiger charge is 2.22. The van der Waals surface area contributed by atoms with Gasteiger partial charge in [-0.1, -0.05) is 12.1 Å². The Morgan fingerprint density at radius 1 is 1.28 bits per heavy atom. The minimum atomic E-state index is -0.705. The third-order valence-electron chi connectivity index (χ3n) is 4.24. The first-order chi connectivity index (χ1) is 14.0. The van der Waals surface area contributed by atoms with E-state index < -0.39 is 11.9 Å². The molecule has 0 spiro atoms. The number of carbonyl (C=O) groups is 1. The molecule has 0 fully saturated rings. The molecule has 0 aliphatic heterocycles. The zero-order chi connectivity index (χ0) is 20.4. The van der Waals surface area contributed by atoms with Crippen LogP contribution in [-0.2, 0) is 4.79 Å². The van der Waals surface area contributed by atoms with Gasteiger partial charge in [0.1, 0.15) is 23.4 Å². The SMILES string of the molecule is Cc1cc(Nc2nc(C(NC(=O)CCl)c3ccc(F)cc3)nc3cccn23)n[nH]1. The van der Waals surface area contributed by atoms with E-state index in [4.69, 9.17) is 11.6 Å². The lowest BCUT2D eigenvalue weighted by atomic mass is 10.1. The molecule has 148 valence electrons. The van der Waals surface area contributed by atoms with E-state index in [1.807, 2.05) is 31.3 Å². The molecule has 3 aromatic heterocycles. The maximum atomic E-state index is 13.4. The lowest BCUT2D eigenvalue weighted by Crippen LogP contribution is -2.31. The van der Waals surface area contributed by atoms with E-state index in [1.54, 1.807) is 16.5 Å². The monoisotopic (exact) mass is 413 g/mol. The zero-order valence-electron chi connectivity index (χ0n) is 15.4. The number of aromatic amines is 1. The molecule has 1 aromatic carbocycles. The number of aromatic nitrogens is 5. The molecule has 29 heavy (non-hydrogen) atoms. The Balaban J connectivity index is 1.80. The minimum absolute atomic E-state index is 0.220. The number of hydrogen-bond donors (Lipinski definition) is 3. The Morgan fingerprint density at radius 2 is 2.07 bits per heavy atom. The van der Waals surface area contributed by atoms with Crippen LogP contribution in [0.25, 0.3) is 5.65 Å². The zero-order valence-corrected chi connectivity index (χ0v) is 16.1. The van der Waals surface area contributed by atoms with Gasteiger partial charge in [0.05, 0.1) is 0 Å². The summed E-state index contributed by atoms with van der Waals surface area (Å²) in [4.78, 5) is 21.2. The van der Waals surface area contributed by atoms with E-state index in [2.05, 4.69) is 30.8 Å². The van der Waals surface area contributed by atoms with Crippen LogP contribution in [0.4, 0.5) is 16.2 Å². The van der Waals surface area contributed by atoms with Crippen LogP contribution in [0, 0.1) is 12.7 Å². The number of carbonyl (C=O) groups excluding carboxylic acids is 1. The summed E-state index contributed by atoms with van der Waals surface area (Å²) in [5.41, 5.74) is 2.14. The van der Waals surface area contributed by atoms with E-state index >= 15 is 0 Å². The molecule has 0 aliphatic rings. The molecular formula is C19H17ClFN7O. The number of H-pyrrole nitrogens is 1. The van der Waals surface area contributed by atoms with Gasteiger partial charge in [0.2, 0.25) is 11.9 Å². The van der Waals surface area contributed by atoms with Crippen LogP contribution >= 0.6 is 11.6 Å². The third kappa shape index (κ3) is 4.04. The second kappa shape index (κ2) is 7.88. The highest BCUT2D eigenvalue weighted by Crippen LogP contribution is 2.23. The van der Waals surface area contributed by atoms with Crippen LogP contribution in [0.2, 0.25) is 0 Å². The van der Waals surface area contributed by atoms with E-state index in [9.17, 15) is 9.18 Å². The standard InChI is InChI=1S/C19H17ClFN7O/c1-11-9-14(27-26-11)22-19-25-18(23-15-3-2-8-28(15)19)17(24-16(29)10-20)12-4-6-13(21)7-5-12/h2-9,17H,10H2,1H3,(H,24,29)(H2,22,23,25,26,27). The van der Waals surface area contributed by atoms with Crippen molar-refractivity contribution < 1.29 is 9.18 Å². The van der Waals surface area contributed by atoms with Crippen LogP contribution < -0.4 is 10.6 Å². The largest absolute Gasteiger partial charge is 0.341 e. The van der Waals surface area contributed by atoms with Crippen molar-refractivity contribution in [3.63, 3.8) is 0 Å². The first-order valence-corrected chi connectivity index (χ1v) is 9.32. The Kier molecular flexibility index (Phi) is 5.13. The molecule has 0 aliphatic carbocycles. The molecule has 3 N–H and O–H groups in total. The topological polar surface area (TPSA) is 100 Å². The number of aryl methyl sites for hydroxylation is 1. The van der Waals surface area contributed by atoms with E-state index in [0.29, 0.717) is 28.8 Å². The van der Waals surface area contributed by atoms with Crippen LogP contribution in [0.15, 0.2) is 48.7 Å². The number of amides is 1. The first kappa shape index (κ1) is 18.9. The van der Waals surface area contributed by atoms with Gasteiger partial charge < -0.3 is 10.6 Å². The van der Waals surface area contributed by atoms with Gasteiger partial charge in [-0.05, 0) is 36.8 Å². The molecular weight excluding hydrogens is 397 g/mol. The van der Waals surface area contributed by atoms with Gasteiger partial charge in [0.15, 0.2) is 11.6 Å². The van der Waals surface area contributed by atoms with Crippen molar-refractivity contribution in [2.75, 3.05) is 11.2 Å². The fraction of sp³-hybridized carbons (Fsp3) is 0.158. The van der Waals surface area contributed by atoms with Gasteiger partial charge in [-0.25, -0.2) is 9.37 Å². The highest BCUT2D eigenvalue weighted by atomic mass is 35.5. The van der Waals surface area contributed by atoms with Crippen molar-refractivity contribution in [2.45, 2.75) is 13.0 Å². The number of anilines is 2. The molecule has 4 aromatic rings. The number of halogens is 2. The molecule has 0 saturated heterocycles. The van der Waals surface area contributed by atoms with E-state index in [1.165, 1.54) is 12.1 Å². The predicted molar refractivity (Wildman–Crippen MR) is 107 cm³/mol. The average molecular weight is 414 g/mol. The molecule has 0 saturated carbocycles. The van der Waals surface area contributed by atoms with Crippen LogP contribution in [0.5, 0.6) is 0 Å². The molecule has 0 bridgehead atoms. The molecule has 10 heteroatoms. The number of rotatable bonds is 6. The number of hydrogen-bond acceptors (Lipinski definition) is 5. The second-order valence-corrected chi connectivity index (χ2v) is 6.66.